The summed E-state index contributed by atoms with van der Waals surface area (Å²) in [4.78, 5) is 23.8. The lowest BCUT2D eigenvalue weighted by Crippen LogP contribution is -2.39. The number of nitrogens with one attached hydrogen (secondary N) is 2. The standard InChI is InChI=1S/C19H30N2O4/c1-6-13(4)19(23)20-12-18(22)21-14(5)15-9-10-16(24-7-2)17(11-15)25-8-3/h9-11,13-14H,6-8,12H2,1-5H3,(H,20,23)(H,21,22). The monoisotopic (exact) mass is 350 g/mol. The van der Waals surface area contributed by atoms with Crippen LogP contribution in [0.25, 0.3) is 0 Å². The molecule has 0 bridgehead atoms. The SMILES string of the molecule is CCOc1ccc(C(C)NC(=O)CNC(=O)C(C)CC)cc1OCC. The number of hydrogen-bond acceptors (Lipinski definition) is 4. The zero-order valence-corrected chi connectivity index (χ0v) is 15.8. The molecule has 6 nitrogen and oxygen atoms in total. The van der Waals surface area contributed by atoms with Gasteiger partial charge in [-0.25, -0.2) is 0 Å². The molecule has 2 N–H and O–H groups in total. The molecular formula is C19H30N2O4. The Kier molecular flexibility index (Phi) is 8.81. The molecule has 0 aliphatic rings. The van der Waals surface area contributed by atoms with Gasteiger partial charge in [0.1, 0.15) is 0 Å². The third-order valence-corrected chi connectivity index (χ3v) is 3.93. The van der Waals surface area contributed by atoms with E-state index >= 15 is 0 Å². The van der Waals surface area contributed by atoms with E-state index in [2.05, 4.69) is 10.6 Å². The molecule has 0 radical (unpaired) electrons. The zero-order valence-electron chi connectivity index (χ0n) is 15.8. The van der Waals surface area contributed by atoms with Crippen LogP contribution in [0.5, 0.6) is 11.5 Å². The molecule has 0 spiro atoms. The molecule has 25 heavy (non-hydrogen) atoms. The summed E-state index contributed by atoms with van der Waals surface area (Å²) in [7, 11) is 0. The summed E-state index contributed by atoms with van der Waals surface area (Å²) in [5, 5.41) is 5.53. The van der Waals surface area contributed by atoms with Crippen molar-refractivity contribution in [3.8, 4) is 11.5 Å². The van der Waals surface area contributed by atoms with Crippen molar-refractivity contribution in [2.75, 3.05) is 19.8 Å². The van der Waals surface area contributed by atoms with Gasteiger partial charge in [0.25, 0.3) is 0 Å². The van der Waals surface area contributed by atoms with Crippen LogP contribution < -0.4 is 20.1 Å². The van der Waals surface area contributed by atoms with Gasteiger partial charge in [-0.1, -0.05) is 19.9 Å². The van der Waals surface area contributed by atoms with Crippen LogP contribution in [0.4, 0.5) is 0 Å². The van der Waals surface area contributed by atoms with Crippen LogP contribution in [-0.2, 0) is 9.59 Å². The summed E-state index contributed by atoms with van der Waals surface area (Å²) in [5.41, 5.74) is 0.911. The second-order valence-corrected chi connectivity index (χ2v) is 5.89. The van der Waals surface area contributed by atoms with Gasteiger partial charge in [0.15, 0.2) is 11.5 Å². The molecule has 1 aromatic carbocycles. The Morgan fingerprint density at radius 3 is 2.28 bits per heavy atom. The molecule has 1 aromatic rings. The highest BCUT2D eigenvalue weighted by molar-refractivity contribution is 5.85. The minimum atomic E-state index is -0.226. The van der Waals surface area contributed by atoms with E-state index in [1.54, 1.807) is 0 Å². The molecule has 1 rings (SSSR count). The largest absolute Gasteiger partial charge is 0.490 e. The highest BCUT2D eigenvalue weighted by atomic mass is 16.5. The summed E-state index contributed by atoms with van der Waals surface area (Å²) < 4.78 is 11.2. The number of ether oxygens (including phenoxy) is 2. The van der Waals surface area contributed by atoms with E-state index in [0.717, 1.165) is 12.0 Å². The van der Waals surface area contributed by atoms with E-state index in [1.807, 2.05) is 52.8 Å². The Hall–Kier alpha value is -2.24. The Labute approximate surface area is 150 Å². The third-order valence-electron chi connectivity index (χ3n) is 3.93. The molecule has 0 aromatic heterocycles. The van der Waals surface area contributed by atoms with Crippen molar-refractivity contribution in [3.63, 3.8) is 0 Å². The lowest BCUT2D eigenvalue weighted by molar-refractivity contribution is -0.128. The van der Waals surface area contributed by atoms with Crippen LogP contribution >= 0.6 is 0 Å². The van der Waals surface area contributed by atoms with E-state index in [1.165, 1.54) is 0 Å². The highest BCUT2D eigenvalue weighted by Gasteiger charge is 2.15. The molecule has 140 valence electrons. The molecule has 0 saturated carbocycles. The van der Waals surface area contributed by atoms with Crippen molar-refractivity contribution in [2.45, 2.75) is 47.1 Å². The summed E-state index contributed by atoms with van der Waals surface area (Å²) in [5.74, 6) is 0.923. The highest BCUT2D eigenvalue weighted by Crippen LogP contribution is 2.30. The number of hydrogen-bond donors (Lipinski definition) is 2. The minimum absolute atomic E-state index is 0.0249. The molecule has 0 saturated heterocycles. The first-order valence-corrected chi connectivity index (χ1v) is 8.89. The topological polar surface area (TPSA) is 76.7 Å². The van der Waals surface area contributed by atoms with Crippen LogP contribution in [0.1, 0.15) is 52.6 Å². The number of amides is 2. The Morgan fingerprint density at radius 2 is 1.68 bits per heavy atom. The molecule has 2 atom stereocenters. The van der Waals surface area contributed by atoms with Crippen molar-refractivity contribution in [2.24, 2.45) is 5.92 Å². The Bertz CT molecular complexity index is 575. The lowest BCUT2D eigenvalue weighted by atomic mass is 10.1. The average Bonchev–Trinajstić information content (AvgIpc) is 2.60. The molecule has 2 unspecified atom stereocenters. The molecule has 2 amide bonds. The van der Waals surface area contributed by atoms with Crippen LogP contribution in [0.3, 0.4) is 0 Å². The van der Waals surface area contributed by atoms with E-state index in [0.29, 0.717) is 24.7 Å². The summed E-state index contributed by atoms with van der Waals surface area (Å²) in [6, 6.07) is 5.41. The molecule has 0 heterocycles. The van der Waals surface area contributed by atoms with Gasteiger partial charge in [-0.15, -0.1) is 0 Å². The molecule has 0 aliphatic heterocycles. The molecular weight excluding hydrogens is 320 g/mol. The fourth-order valence-corrected chi connectivity index (χ4v) is 2.24. The van der Waals surface area contributed by atoms with Gasteiger partial charge >= 0.3 is 0 Å². The predicted molar refractivity (Wildman–Crippen MR) is 97.8 cm³/mol. The molecule has 0 fully saturated rings. The third kappa shape index (κ3) is 6.64. The van der Waals surface area contributed by atoms with Crippen LogP contribution in [0.15, 0.2) is 18.2 Å². The van der Waals surface area contributed by atoms with Crippen LogP contribution in [0, 0.1) is 5.92 Å². The summed E-state index contributed by atoms with van der Waals surface area (Å²) in [6.45, 7) is 10.6. The van der Waals surface area contributed by atoms with Crippen molar-refractivity contribution in [1.82, 2.24) is 10.6 Å². The number of carbonyl (C=O) groups is 2. The molecule has 6 heteroatoms. The van der Waals surface area contributed by atoms with Gasteiger partial charge in [-0.05, 0) is 44.9 Å². The minimum Gasteiger partial charge on any atom is -0.490 e. The second-order valence-electron chi connectivity index (χ2n) is 5.89. The van der Waals surface area contributed by atoms with E-state index < -0.39 is 0 Å². The van der Waals surface area contributed by atoms with Gasteiger partial charge in [0, 0.05) is 5.92 Å². The van der Waals surface area contributed by atoms with Crippen molar-refractivity contribution in [1.29, 1.82) is 0 Å². The fraction of sp³-hybridized carbons (Fsp3) is 0.579. The first-order chi connectivity index (χ1) is 11.9. The second kappa shape index (κ2) is 10.6. The van der Waals surface area contributed by atoms with Gasteiger partial charge in [-0.3, -0.25) is 9.59 Å². The quantitative estimate of drug-likeness (QED) is 0.680. The Balaban J connectivity index is 2.66. The first kappa shape index (κ1) is 20.8. The van der Waals surface area contributed by atoms with Gasteiger partial charge < -0.3 is 20.1 Å². The van der Waals surface area contributed by atoms with E-state index in [9.17, 15) is 9.59 Å². The fourth-order valence-electron chi connectivity index (χ4n) is 2.24. The predicted octanol–water partition coefficient (Wildman–Crippen LogP) is 2.82. The van der Waals surface area contributed by atoms with Crippen molar-refractivity contribution >= 4 is 11.8 Å². The maximum atomic E-state index is 12.0. The lowest BCUT2D eigenvalue weighted by Gasteiger charge is -2.18. The first-order valence-electron chi connectivity index (χ1n) is 8.89. The van der Waals surface area contributed by atoms with Gasteiger partial charge in [0.05, 0.1) is 25.8 Å². The smallest absolute Gasteiger partial charge is 0.239 e. The average molecular weight is 350 g/mol. The Morgan fingerprint density at radius 1 is 1.04 bits per heavy atom. The number of carbonyl (C=O) groups excluding carboxylic acids is 2. The van der Waals surface area contributed by atoms with Gasteiger partial charge in [-0.2, -0.15) is 0 Å². The summed E-state index contributed by atoms with van der Waals surface area (Å²) in [6.07, 6.45) is 0.746. The van der Waals surface area contributed by atoms with Crippen LogP contribution in [-0.4, -0.2) is 31.6 Å². The van der Waals surface area contributed by atoms with E-state index in [-0.39, 0.29) is 30.3 Å². The van der Waals surface area contributed by atoms with E-state index in [4.69, 9.17) is 9.47 Å². The summed E-state index contributed by atoms with van der Waals surface area (Å²) >= 11 is 0. The zero-order chi connectivity index (χ0) is 18.8. The van der Waals surface area contributed by atoms with Crippen LogP contribution in [0.2, 0.25) is 0 Å². The number of benzene rings is 1. The van der Waals surface area contributed by atoms with Crippen molar-refractivity contribution < 1.29 is 19.1 Å². The molecule has 0 aliphatic carbocycles. The number of rotatable bonds is 10. The maximum Gasteiger partial charge on any atom is 0.239 e. The normalized spacial score (nSPS) is 12.8. The maximum absolute atomic E-state index is 12.0. The van der Waals surface area contributed by atoms with Gasteiger partial charge in [0.2, 0.25) is 11.8 Å². The van der Waals surface area contributed by atoms with Crippen molar-refractivity contribution in [3.05, 3.63) is 23.8 Å².